The summed E-state index contributed by atoms with van der Waals surface area (Å²) < 4.78 is 41.7. The van der Waals surface area contributed by atoms with Crippen molar-refractivity contribution in [1.82, 2.24) is 25.1 Å². The quantitative estimate of drug-likeness (QED) is 0.508. The Morgan fingerprint density at radius 3 is 2.49 bits per heavy atom. The van der Waals surface area contributed by atoms with E-state index >= 15 is 0 Å². The number of hydrogen-bond donors (Lipinski definition) is 1. The van der Waals surface area contributed by atoms with Crippen LogP contribution in [-0.4, -0.2) is 76.6 Å². The molecule has 11 heteroatoms. The fraction of sp³-hybridized carbons (Fsp3) is 0.406. The number of likely N-dealkylation sites (N-methyl/N-ethyl adjacent to an activating group) is 1. The topological polar surface area (TPSA) is 76.2 Å². The van der Waals surface area contributed by atoms with Crippen LogP contribution in [-0.2, 0) is 28.5 Å². The summed E-state index contributed by atoms with van der Waals surface area (Å²) >= 11 is 0. The van der Waals surface area contributed by atoms with Gasteiger partial charge >= 0.3 is 6.03 Å². The number of halogens is 3. The molecule has 2 heterocycles. The first-order valence-corrected chi connectivity index (χ1v) is 14.3. The minimum atomic E-state index is -3.05. The molecule has 3 atom stereocenters. The fourth-order valence-corrected chi connectivity index (χ4v) is 5.88. The van der Waals surface area contributed by atoms with Crippen molar-refractivity contribution < 1.29 is 27.6 Å². The van der Waals surface area contributed by atoms with E-state index in [4.69, 9.17) is 0 Å². The molecule has 0 bridgehead atoms. The summed E-state index contributed by atoms with van der Waals surface area (Å²) in [5, 5.41) is 5.91. The Kier molecular flexibility index (Phi) is 8.38. The van der Waals surface area contributed by atoms with E-state index in [9.17, 15) is 27.6 Å². The van der Waals surface area contributed by atoms with Crippen molar-refractivity contribution in [3.8, 4) is 0 Å². The molecule has 1 N–H and O–H groups in total. The Labute approximate surface area is 249 Å². The zero-order valence-corrected chi connectivity index (χ0v) is 24.5. The Bertz CT molecular complexity index is 1440. The average molecular weight is 596 g/mol. The number of amides is 4. The van der Waals surface area contributed by atoms with Crippen molar-refractivity contribution in [3.05, 3.63) is 95.3 Å². The third-order valence-electron chi connectivity index (χ3n) is 8.28. The smallest absolute Gasteiger partial charge is 0.333 e. The molecule has 8 nitrogen and oxygen atoms in total. The first-order valence-electron chi connectivity index (χ1n) is 14.3. The number of allylic oxidation sites excluding steroid dienone is 3. The summed E-state index contributed by atoms with van der Waals surface area (Å²) in [6, 6.07) is 13.9. The minimum Gasteiger partial charge on any atom is -0.336 e. The first kappa shape index (κ1) is 30.3. The SMILES string of the molecule is CN1CC(=O)N2[C@@H](Cc3ccccc3)C(=O)N(Cc3cccc(C(C)(F)F)c3)C[C@@H]2N1C(=O)NCC1(C)C=CC(F)=CC1. The second-order valence-corrected chi connectivity index (χ2v) is 11.9. The molecule has 2 aliphatic heterocycles. The molecule has 2 aromatic carbocycles. The number of alkyl halides is 2. The van der Waals surface area contributed by atoms with Crippen molar-refractivity contribution in [2.45, 2.75) is 51.4 Å². The highest BCUT2D eigenvalue weighted by Gasteiger charge is 2.50. The van der Waals surface area contributed by atoms with Crippen LogP contribution in [0.25, 0.3) is 0 Å². The summed E-state index contributed by atoms with van der Waals surface area (Å²) in [5.74, 6) is -3.98. The number of benzene rings is 2. The van der Waals surface area contributed by atoms with Crippen LogP contribution in [0.3, 0.4) is 0 Å². The molecule has 0 spiro atoms. The molecular formula is C32H36F3N5O3. The highest BCUT2D eigenvalue weighted by molar-refractivity contribution is 5.91. The van der Waals surface area contributed by atoms with E-state index in [1.807, 2.05) is 37.3 Å². The van der Waals surface area contributed by atoms with Gasteiger partial charge in [-0.15, -0.1) is 0 Å². The van der Waals surface area contributed by atoms with Crippen LogP contribution in [0.2, 0.25) is 0 Å². The minimum absolute atomic E-state index is 0.00844. The molecule has 228 valence electrons. The van der Waals surface area contributed by atoms with Crippen molar-refractivity contribution >= 4 is 17.8 Å². The van der Waals surface area contributed by atoms with Gasteiger partial charge in [0.15, 0.2) is 0 Å². The van der Waals surface area contributed by atoms with E-state index in [-0.39, 0.29) is 55.8 Å². The van der Waals surface area contributed by atoms with Gasteiger partial charge in [0.25, 0.3) is 5.92 Å². The Balaban J connectivity index is 1.44. The number of nitrogens with one attached hydrogen (secondary N) is 1. The van der Waals surface area contributed by atoms with Crippen molar-refractivity contribution in [1.29, 1.82) is 0 Å². The second-order valence-electron chi connectivity index (χ2n) is 11.9. The molecule has 1 aliphatic carbocycles. The molecule has 2 fully saturated rings. The molecule has 0 aromatic heterocycles. The van der Waals surface area contributed by atoms with E-state index < -0.39 is 29.6 Å². The van der Waals surface area contributed by atoms with E-state index in [2.05, 4.69) is 5.32 Å². The van der Waals surface area contributed by atoms with Crippen LogP contribution < -0.4 is 5.32 Å². The second kappa shape index (κ2) is 11.9. The van der Waals surface area contributed by atoms with Gasteiger partial charge in [-0.3, -0.25) is 9.59 Å². The number of hydrogen-bond acceptors (Lipinski definition) is 4. The predicted octanol–water partition coefficient (Wildman–Crippen LogP) is 4.60. The fourth-order valence-electron chi connectivity index (χ4n) is 5.88. The lowest BCUT2D eigenvalue weighted by Crippen LogP contribution is -2.76. The van der Waals surface area contributed by atoms with E-state index in [0.717, 1.165) is 12.5 Å². The number of piperazine rings is 1. The van der Waals surface area contributed by atoms with Gasteiger partial charge in [-0.1, -0.05) is 61.5 Å². The zero-order chi connectivity index (χ0) is 30.9. The van der Waals surface area contributed by atoms with Crippen LogP contribution >= 0.6 is 0 Å². The molecule has 0 saturated carbocycles. The number of rotatable bonds is 7. The summed E-state index contributed by atoms with van der Waals surface area (Å²) in [7, 11) is 1.63. The van der Waals surface area contributed by atoms with Gasteiger partial charge in [0.05, 0.1) is 13.1 Å². The maximum atomic E-state index is 14.1. The van der Waals surface area contributed by atoms with Gasteiger partial charge < -0.3 is 15.1 Å². The van der Waals surface area contributed by atoms with Gasteiger partial charge in [-0.25, -0.2) is 28.0 Å². The molecule has 4 amide bonds. The van der Waals surface area contributed by atoms with Crippen LogP contribution in [0, 0.1) is 5.41 Å². The maximum Gasteiger partial charge on any atom is 0.333 e. The van der Waals surface area contributed by atoms with Crippen molar-refractivity contribution in [2.75, 3.05) is 26.7 Å². The van der Waals surface area contributed by atoms with Crippen LogP contribution in [0.4, 0.5) is 18.0 Å². The van der Waals surface area contributed by atoms with Crippen LogP contribution in [0.15, 0.2) is 78.7 Å². The van der Waals surface area contributed by atoms with Crippen molar-refractivity contribution in [2.24, 2.45) is 5.41 Å². The Morgan fingerprint density at radius 2 is 1.81 bits per heavy atom. The highest BCUT2D eigenvalue weighted by Crippen LogP contribution is 2.32. The molecule has 5 rings (SSSR count). The van der Waals surface area contributed by atoms with Crippen LogP contribution in [0.1, 0.15) is 37.0 Å². The summed E-state index contributed by atoms with van der Waals surface area (Å²) in [4.78, 5) is 44.2. The summed E-state index contributed by atoms with van der Waals surface area (Å²) in [6.07, 6.45) is 4.39. The lowest BCUT2D eigenvalue weighted by Gasteiger charge is -2.54. The molecule has 2 saturated heterocycles. The summed E-state index contributed by atoms with van der Waals surface area (Å²) in [6.45, 7) is 2.87. The lowest BCUT2D eigenvalue weighted by molar-refractivity contribution is -0.187. The van der Waals surface area contributed by atoms with E-state index in [1.165, 1.54) is 50.2 Å². The van der Waals surface area contributed by atoms with Crippen molar-refractivity contribution in [3.63, 3.8) is 0 Å². The van der Waals surface area contributed by atoms with Gasteiger partial charge in [0.2, 0.25) is 11.8 Å². The van der Waals surface area contributed by atoms with Gasteiger partial charge in [-0.2, -0.15) is 0 Å². The zero-order valence-electron chi connectivity index (χ0n) is 24.5. The molecule has 1 unspecified atom stereocenters. The number of hydrazine groups is 1. The Morgan fingerprint density at radius 1 is 1.09 bits per heavy atom. The van der Waals surface area contributed by atoms with Gasteiger partial charge in [-0.05, 0) is 35.8 Å². The molecule has 0 radical (unpaired) electrons. The monoisotopic (exact) mass is 595 g/mol. The van der Waals surface area contributed by atoms with Crippen LogP contribution in [0.5, 0.6) is 0 Å². The van der Waals surface area contributed by atoms with E-state index in [1.54, 1.807) is 19.2 Å². The maximum absolute atomic E-state index is 14.1. The average Bonchev–Trinajstić information content (AvgIpc) is 2.96. The van der Waals surface area contributed by atoms with Gasteiger partial charge in [0, 0.05) is 44.5 Å². The van der Waals surface area contributed by atoms with Gasteiger partial charge in [0.1, 0.15) is 18.0 Å². The largest absolute Gasteiger partial charge is 0.336 e. The summed E-state index contributed by atoms with van der Waals surface area (Å²) in [5.41, 5.74) is 0.703. The first-order chi connectivity index (χ1) is 20.3. The molecule has 3 aliphatic rings. The molecular weight excluding hydrogens is 559 g/mol. The number of carbonyl (C=O) groups is 3. The normalized spacial score (nSPS) is 24.6. The third kappa shape index (κ3) is 6.61. The third-order valence-corrected chi connectivity index (χ3v) is 8.28. The van der Waals surface area contributed by atoms with E-state index in [0.29, 0.717) is 12.0 Å². The lowest BCUT2D eigenvalue weighted by atomic mass is 9.83. The number of fused-ring (bicyclic) bond motifs is 1. The number of carbonyl (C=O) groups excluding carboxylic acids is 3. The molecule has 43 heavy (non-hydrogen) atoms. The number of nitrogens with zero attached hydrogens (tertiary/aromatic N) is 4. The standard InChI is InChI=1S/C32H36F3N5O3/c1-31(14-12-25(33)13-15-31)21-36-30(43)40-27-19-38(18-23-10-7-11-24(16-23)32(2,34)35)29(42)26(17-22-8-5-4-6-9-22)39(27)28(41)20-37(40)3/h4-14,16,26-27H,15,17-21H2,1-3H3,(H,36,43)/t26-,27-,31?/m0/s1. The predicted molar refractivity (Wildman–Crippen MR) is 155 cm³/mol. The number of urea groups is 1. The molecule has 2 aromatic rings. The Hall–Kier alpha value is -4.12. The highest BCUT2D eigenvalue weighted by atomic mass is 19.3.